The van der Waals surface area contributed by atoms with Crippen LogP contribution in [0.15, 0.2) is 272 Å². The zero-order valence-corrected chi connectivity index (χ0v) is 80.8. The Morgan fingerprint density at radius 3 is 0.940 bits per heavy atom. The summed E-state index contributed by atoms with van der Waals surface area (Å²) in [6, 6.07) is 54.6. The minimum absolute atomic E-state index is 0.449. The molecule has 0 spiro atoms. The van der Waals surface area contributed by atoms with E-state index in [4.69, 9.17) is 25.8 Å². The van der Waals surface area contributed by atoms with E-state index in [-0.39, 0.29) is 0 Å². The number of rotatable bonds is 40. The maximum atomic E-state index is 6.34. The molecule has 0 unspecified atom stereocenters. The van der Waals surface area contributed by atoms with Crippen molar-refractivity contribution in [3.63, 3.8) is 0 Å². The van der Waals surface area contributed by atoms with Crippen molar-refractivity contribution in [1.82, 2.24) is 89.3 Å². The molecule has 15 heterocycles. The molecule has 0 amide bonds. The maximum Gasteiger partial charge on any atom is 0.213 e. The summed E-state index contributed by atoms with van der Waals surface area (Å²) >= 11 is 6.34. The van der Waals surface area contributed by atoms with Crippen LogP contribution in [0, 0.1) is 48.5 Å². The SMILES string of the molecule is CC(C)c1cccnc1CN(CCC1=CN=CC1)Cc1ncccc1Cl.COc1ccc(CCN(Cc2ncccc2C)Cc2ncccc2C)nc1.COc1cccc(CCN(Cc2ncccc2C)Cc2ncccc2C)n1.COc1ccnc(CCN(Cc2ncccc2C)Cc2ncccc2C)c1.Cc1cccnc1CN(CCC1=CN=CC1)Cc1ncccc1C(C)C. The van der Waals surface area contributed by atoms with Crippen molar-refractivity contribution in [2.75, 3.05) is 54.1 Å². The fraction of sp³-hybridized carbons (Fsp3) is 0.349. The number of nitrogens with zero attached hydrogens (tertiary/aromatic N) is 20. The van der Waals surface area contributed by atoms with Gasteiger partial charge in [0.15, 0.2) is 0 Å². The number of aromatic nitrogens is 13. The van der Waals surface area contributed by atoms with Gasteiger partial charge in [0.05, 0.1) is 89.5 Å². The van der Waals surface area contributed by atoms with Gasteiger partial charge in [-0.25, -0.2) is 4.98 Å². The molecule has 13 aromatic heterocycles. The summed E-state index contributed by atoms with van der Waals surface area (Å²) in [6.45, 7) is 36.1. The monoisotopic (exact) mass is 1800 g/mol. The molecule has 13 aromatic rings. The standard InChI is InChI=1S/3C22H26N4O.C22H28N4.C21H25ClN4/c1-17-7-5-12-23-20(17)15-26(16-21-18(2)8-6-13-24-21)14-11-19-9-4-10-22(25-19)27-3;1-17-6-4-10-24-21(17)15-26(16-22-18(2)7-5-11-25-22)13-9-19-14-20(27-3)8-12-23-19;1-17-6-4-11-23-21(17)15-26(16-22-18(2)7-5-12-24-22)13-10-19-8-9-20(27-3)14-25-19;1-17(2)20-7-5-11-25-22(20)16-26(13-9-19-8-12-23-14-19)15-21-18(3)6-4-10-24-21;1-16(2)18-5-3-9-24-20(18)14-26(12-8-17-7-11-23-13-17)15-21-19(22)6-4-10-25-21/h4-10,12-13H,11,14-16H2,1-3H3;4-8,10-12,14H,9,13,15-16H2,1-3H3;4-9,11-12,14H,10,13,15-16H2,1-3H3;4-7,10-12,14,17H,8-9,13,15-16H2,1-3H3;3-6,9-11,13,16H,7-8,12,14-15H2,1-2H3. The Bertz CT molecular complexity index is 5440. The summed E-state index contributed by atoms with van der Waals surface area (Å²) in [5.41, 5.74) is 28.0. The van der Waals surface area contributed by atoms with E-state index in [0.29, 0.717) is 29.3 Å². The van der Waals surface area contributed by atoms with E-state index in [9.17, 15) is 0 Å². The van der Waals surface area contributed by atoms with Crippen LogP contribution < -0.4 is 14.2 Å². The van der Waals surface area contributed by atoms with Crippen molar-refractivity contribution in [1.29, 1.82) is 0 Å². The Balaban J connectivity index is 0.000000160. The van der Waals surface area contributed by atoms with Gasteiger partial charge in [0.1, 0.15) is 11.5 Å². The number of hydrogen-bond acceptors (Lipinski definition) is 23. The zero-order chi connectivity index (χ0) is 93.9. The predicted molar refractivity (Wildman–Crippen MR) is 534 cm³/mol. The summed E-state index contributed by atoms with van der Waals surface area (Å²) in [7, 11) is 4.98. The fourth-order valence-electron chi connectivity index (χ4n) is 15.4. The minimum Gasteiger partial charge on any atom is -0.497 e. The molecule has 133 heavy (non-hydrogen) atoms. The van der Waals surface area contributed by atoms with Gasteiger partial charge in [-0.15, -0.1) is 0 Å². The van der Waals surface area contributed by atoms with Gasteiger partial charge in [-0.1, -0.05) is 100.0 Å². The summed E-state index contributed by atoms with van der Waals surface area (Å²) in [4.78, 5) is 79.7. The molecule has 0 fully saturated rings. The Hall–Kier alpha value is -12.7. The van der Waals surface area contributed by atoms with E-state index < -0.39 is 0 Å². The van der Waals surface area contributed by atoms with Gasteiger partial charge in [0.25, 0.3) is 0 Å². The molecular formula is C109H131ClN20O3. The topological polar surface area (TPSA) is 236 Å². The summed E-state index contributed by atoms with van der Waals surface area (Å²) in [5, 5.41) is 0.714. The lowest BCUT2D eigenvalue weighted by atomic mass is 10.0. The molecule has 692 valence electrons. The molecular weight excluding hydrogens is 1670 g/mol. The third-order valence-electron chi connectivity index (χ3n) is 23.5. The highest BCUT2D eigenvalue weighted by molar-refractivity contribution is 6.31. The van der Waals surface area contributed by atoms with Crippen LogP contribution in [-0.4, -0.2) is 156 Å². The van der Waals surface area contributed by atoms with Crippen LogP contribution in [-0.2, 0) is 84.7 Å². The zero-order valence-electron chi connectivity index (χ0n) is 80.1. The van der Waals surface area contributed by atoms with E-state index in [2.05, 4.69) is 230 Å². The molecule has 24 heteroatoms. The number of ether oxygens (including phenoxy) is 3. The summed E-state index contributed by atoms with van der Waals surface area (Å²) in [5.74, 6) is 3.20. The van der Waals surface area contributed by atoms with Crippen LogP contribution in [0.5, 0.6) is 17.4 Å². The molecule has 0 saturated carbocycles. The van der Waals surface area contributed by atoms with Crippen LogP contribution in [0.2, 0.25) is 5.02 Å². The smallest absolute Gasteiger partial charge is 0.213 e. The van der Waals surface area contributed by atoms with Gasteiger partial charge in [0, 0.05) is 252 Å². The van der Waals surface area contributed by atoms with E-state index >= 15 is 0 Å². The Morgan fingerprint density at radius 1 is 0.293 bits per heavy atom. The molecule has 0 N–H and O–H groups in total. The molecule has 2 aliphatic rings. The fourth-order valence-corrected chi connectivity index (χ4v) is 15.5. The van der Waals surface area contributed by atoms with Crippen molar-refractivity contribution < 1.29 is 14.2 Å². The van der Waals surface area contributed by atoms with Crippen molar-refractivity contribution in [3.8, 4) is 17.4 Å². The Labute approximate surface area is 793 Å². The van der Waals surface area contributed by atoms with E-state index in [0.717, 1.165) is 216 Å². The normalized spacial score (nSPS) is 12.0. The third kappa shape index (κ3) is 33.8. The molecule has 0 bridgehead atoms. The van der Waals surface area contributed by atoms with Gasteiger partial charge >= 0.3 is 0 Å². The molecule has 0 aromatic carbocycles. The average Bonchev–Trinajstić information content (AvgIpc) is 1.20. The second-order valence-electron chi connectivity index (χ2n) is 34.2. The van der Waals surface area contributed by atoms with E-state index in [1.807, 2.05) is 190 Å². The first-order chi connectivity index (χ1) is 64.7. The Kier molecular flexibility index (Phi) is 41.2. The highest BCUT2D eigenvalue weighted by Gasteiger charge is 2.22. The Morgan fingerprint density at radius 2 is 0.617 bits per heavy atom. The van der Waals surface area contributed by atoms with E-state index in [1.54, 1.807) is 39.9 Å². The quantitative estimate of drug-likeness (QED) is 0.0347. The number of aryl methyl sites for hydroxylation is 7. The van der Waals surface area contributed by atoms with Crippen LogP contribution in [0.1, 0.15) is 189 Å². The third-order valence-corrected chi connectivity index (χ3v) is 23.9. The number of aliphatic imine (C=N–C) groups is 2. The van der Waals surface area contributed by atoms with Gasteiger partial charge in [0.2, 0.25) is 5.88 Å². The van der Waals surface area contributed by atoms with Gasteiger partial charge in [-0.05, 0) is 225 Å². The molecule has 0 radical (unpaired) electrons. The molecule has 0 saturated heterocycles. The first-order valence-electron chi connectivity index (χ1n) is 46.0. The maximum absolute atomic E-state index is 6.34. The summed E-state index contributed by atoms with van der Waals surface area (Å²) in [6.07, 6.45) is 36.6. The first-order valence-corrected chi connectivity index (χ1v) is 46.4. The van der Waals surface area contributed by atoms with Crippen molar-refractivity contribution in [2.24, 2.45) is 9.98 Å². The second kappa shape index (κ2) is 54.3. The van der Waals surface area contributed by atoms with Crippen LogP contribution in [0.25, 0.3) is 0 Å². The van der Waals surface area contributed by atoms with Crippen LogP contribution in [0.3, 0.4) is 0 Å². The average molecular weight is 1800 g/mol. The minimum atomic E-state index is 0.449. The number of methoxy groups -OCH3 is 3. The lowest BCUT2D eigenvalue weighted by molar-refractivity contribution is 0.251. The lowest BCUT2D eigenvalue weighted by Crippen LogP contribution is -2.27. The van der Waals surface area contributed by atoms with Crippen molar-refractivity contribution in [2.45, 2.75) is 198 Å². The predicted octanol–water partition coefficient (Wildman–Crippen LogP) is 20.9. The number of halogens is 1. The van der Waals surface area contributed by atoms with Crippen molar-refractivity contribution in [3.05, 3.63) is 391 Å². The second-order valence-corrected chi connectivity index (χ2v) is 34.6. The number of pyridine rings is 13. The van der Waals surface area contributed by atoms with Crippen LogP contribution >= 0.6 is 11.6 Å². The summed E-state index contributed by atoms with van der Waals surface area (Å²) < 4.78 is 15.7. The van der Waals surface area contributed by atoms with Crippen molar-refractivity contribution >= 4 is 24.0 Å². The highest BCUT2D eigenvalue weighted by Crippen LogP contribution is 2.27. The lowest BCUT2D eigenvalue weighted by Gasteiger charge is -2.24. The molecule has 2 aliphatic heterocycles. The number of hydrogen-bond donors (Lipinski definition) is 0. The van der Waals surface area contributed by atoms with Gasteiger partial charge in [-0.2, -0.15) is 0 Å². The van der Waals surface area contributed by atoms with E-state index in [1.165, 1.54) is 66.9 Å². The van der Waals surface area contributed by atoms with Crippen LogP contribution in [0.4, 0.5) is 0 Å². The molecule has 23 nitrogen and oxygen atoms in total. The molecule has 0 atom stereocenters. The molecule has 15 rings (SSSR count). The highest BCUT2D eigenvalue weighted by atomic mass is 35.5. The van der Waals surface area contributed by atoms with Gasteiger partial charge in [-0.3, -0.25) is 94.3 Å². The largest absolute Gasteiger partial charge is 0.497 e. The molecule has 0 aliphatic carbocycles. The van der Waals surface area contributed by atoms with Gasteiger partial charge < -0.3 is 14.2 Å². The first kappa shape index (κ1) is 101.